The molecule has 0 N–H and O–H groups in total. The van der Waals surface area contributed by atoms with Gasteiger partial charge in [0.25, 0.3) is 0 Å². The van der Waals surface area contributed by atoms with Crippen molar-refractivity contribution in [3.63, 3.8) is 0 Å². The Kier molecular flexibility index (Phi) is 3.71. The van der Waals surface area contributed by atoms with E-state index in [0.717, 1.165) is 46.1 Å². The van der Waals surface area contributed by atoms with Gasteiger partial charge in [-0.25, -0.2) is 9.50 Å². The maximum Gasteiger partial charge on any atom is 0.214 e. The van der Waals surface area contributed by atoms with E-state index in [1.165, 1.54) is 0 Å². The second-order valence-corrected chi connectivity index (χ2v) is 8.01. The van der Waals surface area contributed by atoms with Crippen molar-refractivity contribution in [3.05, 3.63) is 42.4 Å². The highest BCUT2D eigenvalue weighted by Gasteiger charge is 2.31. The van der Waals surface area contributed by atoms with Crippen LogP contribution in [0.4, 0.5) is 5.13 Å². The number of aromatic nitrogens is 7. The molecular weight excluding hydrogens is 360 g/mol. The van der Waals surface area contributed by atoms with Crippen LogP contribution in [0.1, 0.15) is 44.4 Å². The van der Waals surface area contributed by atoms with E-state index in [1.807, 2.05) is 29.0 Å². The lowest BCUT2D eigenvalue weighted by atomic mass is 10.1. The molecular formula is C18H20N8S. The Morgan fingerprint density at radius 1 is 1.22 bits per heavy atom. The highest BCUT2D eigenvalue weighted by atomic mass is 32.1. The van der Waals surface area contributed by atoms with Crippen LogP contribution in [-0.2, 0) is 6.54 Å². The predicted octanol–water partition coefficient (Wildman–Crippen LogP) is 3.15. The first-order chi connectivity index (χ1) is 13.1. The van der Waals surface area contributed by atoms with Crippen molar-refractivity contribution in [1.29, 1.82) is 0 Å². The zero-order valence-corrected chi connectivity index (χ0v) is 16.3. The lowest BCUT2D eigenvalue weighted by Gasteiger charge is -2.33. The fraction of sp³-hybridized carbons (Fsp3) is 0.389. The molecule has 0 radical (unpaired) electrons. The largest absolute Gasteiger partial charge is 0.335 e. The van der Waals surface area contributed by atoms with Crippen molar-refractivity contribution < 1.29 is 0 Å². The van der Waals surface area contributed by atoms with Gasteiger partial charge in [0.05, 0.1) is 17.9 Å². The Hall–Kier alpha value is -2.81. The summed E-state index contributed by atoms with van der Waals surface area (Å²) in [4.78, 5) is 12.0. The average molecular weight is 380 g/mol. The second kappa shape index (κ2) is 6.12. The lowest BCUT2D eigenvalue weighted by Crippen LogP contribution is -2.37. The zero-order chi connectivity index (χ0) is 18.5. The molecule has 1 unspecified atom stereocenters. The van der Waals surface area contributed by atoms with E-state index in [1.54, 1.807) is 17.5 Å². The number of imidazole rings is 1. The van der Waals surface area contributed by atoms with Crippen molar-refractivity contribution in [3.8, 4) is 11.3 Å². The predicted molar refractivity (Wildman–Crippen MR) is 104 cm³/mol. The topological polar surface area (TPSA) is 77.0 Å². The van der Waals surface area contributed by atoms with E-state index >= 15 is 0 Å². The molecule has 1 aliphatic heterocycles. The summed E-state index contributed by atoms with van der Waals surface area (Å²) in [5, 5.41) is 14.6. The molecule has 1 atom stereocenters. The monoisotopic (exact) mass is 380 g/mol. The van der Waals surface area contributed by atoms with Gasteiger partial charge < -0.3 is 9.47 Å². The molecule has 9 heteroatoms. The molecule has 0 aromatic carbocycles. The van der Waals surface area contributed by atoms with Crippen molar-refractivity contribution in [2.45, 2.75) is 39.3 Å². The molecule has 0 spiro atoms. The fourth-order valence-electron chi connectivity index (χ4n) is 3.55. The Morgan fingerprint density at radius 3 is 2.85 bits per heavy atom. The van der Waals surface area contributed by atoms with Crippen LogP contribution in [0.25, 0.3) is 16.2 Å². The molecule has 27 heavy (non-hydrogen) atoms. The van der Waals surface area contributed by atoms with Crippen LogP contribution in [-0.4, -0.2) is 40.9 Å². The average Bonchev–Trinajstić information content (AvgIpc) is 3.35. The first-order valence-electron chi connectivity index (χ1n) is 9.08. The second-order valence-electron chi connectivity index (χ2n) is 7.07. The third-order valence-corrected chi connectivity index (χ3v) is 5.93. The quantitative estimate of drug-likeness (QED) is 0.543. The van der Waals surface area contributed by atoms with Gasteiger partial charge in [0.2, 0.25) is 10.1 Å². The molecule has 5 heterocycles. The first-order valence-corrected chi connectivity index (χ1v) is 9.89. The summed E-state index contributed by atoms with van der Waals surface area (Å²) in [5.74, 6) is 2.44. The van der Waals surface area contributed by atoms with Crippen molar-refractivity contribution in [1.82, 2.24) is 34.3 Å². The molecule has 0 bridgehead atoms. The molecule has 4 aromatic heterocycles. The molecule has 5 rings (SSSR count). The molecule has 1 aliphatic rings. The zero-order valence-electron chi connectivity index (χ0n) is 15.4. The van der Waals surface area contributed by atoms with Gasteiger partial charge in [0.1, 0.15) is 5.82 Å². The van der Waals surface area contributed by atoms with Crippen LogP contribution in [0.2, 0.25) is 0 Å². The van der Waals surface area contributed by atoms with Gasteiger partial charge in [-0.05, 0) is 19.1 Å². The molecule has 8 nitrogen and oxygen atoms in total. The number of anilines is 1. The number of fused-ring (bicyclic) bond motifs is 2. The number of nitrogens with zero attached hydrogens (tertiary/aromatic N) is 8. The smallest absolute Gasteiger partial charge is 0.214 e. The maximum absolute atomic E-state index is 4.77. The molecule has 138 valence electrons. The number of rotatable bonds is 3. The van der Waals surface area contributed by atoms with Crippen LogP contribution in [0, 0.1) is 0 Å². The van der Waals surface area contributed by atoms with Crippen LogP contribution >= 0.6 is 11.3 Å². The molecule has 0 aliphatic carbocycles. The summed E-state index contributed by atoms with van der Waals surface area (Å²) in [6.45, 7) is 8.24. The van der Waals surface area contributed by atoms with Crippen LogP contribution in [0.3, 0.4) is 0 Å². The van der Waals surface area contributed by atoms with Gasteiger partial charge in [-0.15, -0.1) is 15.3 Å². The Bertz CT molecular complexity index is 1060. The van der Waals surface area contributed by atoms with Crippen LogP contribution < -0.4 is 4.90 Å². The lowest BCUT2D eigenvalue weighted by molar-refractivity contribution is 0.478. The Morgan fingerprint density at radius 2 is 2.11 bits per heavy atom. The van der Waals surface area contributed by atoms with Crippen molar-refractivity contribution >= 4 is 21.4 Å². The Balaban J connectivity index is 1.46. The minimum absolute atomic E-state index is 0.132. The summed E-state index contributed by atoms with van der Waals surface area (Å²) in [7, 11) is 0. The van der Waals surface area contributed by atoms with Gasteiger partial charge in [-0.2, -0.15) is 0 Å². The molecule has 4 aromatic rings. The van der Waals surface area contributed by atoms with Crippen LogP contribution in [0.5, 0.6) is 0 Å². The normalized spacial score (nSPS) is 17.0. The highest BCUT2D eigenvalue weighted by Crippen LogP contribution is 2.34. The van der Waals surface area contributed by atoms with Crippen molar-refractivity contribution in [2.75, 3.05) is 11.4 Å². The van der Waals surface area contributed by atoms with E-state index < -0.39 is 0 Å². The van der Waals surface area contributed by atoms with Crippen LogP contribution in [0.15, 0.2) is 30.7 Å². The standard InChI is InChI=1S/C18H20N8S/c1-11(2)15-21-22-16-12(3)24(7-8-25(15)16)18-23-26-10-14(20-17(26)27-18)13-5-4-6-19-9-13/h4-6,9-12H,7-8H2,1-3H3. The van der Waals surface area contributed by atoms with Crippen molar-refractivity contribution in [2.24, 2.45) is 0 Å². The molecule has 0 amide bonds. The van der Waals surface area contributed by atoms with Gasteiger partial charge in [0.15, 0.2) is 5.82 Å². The maximum atomic E-state index is 4.77. The summed E-state index contributed by atoms with van der Waals surface area (Å²) < 4.78 is 4.11. The number of hydrogen-bond donors (Lipinski definition) is 0. The first kappa shape index (κ1) is 16.4. The minimum atomic E-state index is 0.132. The number of hydrogen-bond acceptors (Lipinski definition) is 7. The third kappa shape index (κ3) is 2.61. The van der Waals surface area contributed by atoms with Gasteiger partial charge >= 0.3 is 0 Å². The van der Waals surface area contributed by atoms with Gasteiger partial charge in [-0.1, -0.05) is 25.2 Å². The van der Waals surface area contributed by atoms with Gasteiger partial charge in [0, 0.05) is 37.0 Å². The van der Waals surface area contributed by atoms with E-state index in [4.69, 9.17) is 10.1 Å². The van der Waals surface area contributed by atoms with E-state index in [2.05, 4.69) is 45.4 Å². The SMILES string of the molecule is CC(C)c1nnc2n1CCN(c1nn3cc(-c4cccnc4)nc3s1)C2C. The summed E-state index contributed by atoms with van der Waals surface area (Å²) >= 11 is 1.60. The van der Waals surface area contributed by atoms with E-state index in [0.29, 0.717) is 5.92 Å². The Labute approximate surface area is 160 Å². The number of pyridine rings is 1. The van der Waals surface area contributed by atoms with E-state index in [-0.39, 0.29) is 6.04 Å². The summed E-state index contributed by atoms with van der Waals surface area (Å²) in [6.07, 6.45) is 5.54. The molecule has 0 saturated heterocycles. The highest BCUT2D eigenvalue weighted by molar-refractivity contribution is 7.20. The summed E-state index contributed by atoms with van der Waals surface area (Å²) in [5.41, 5.74) is 1.89. The minimum Gasteiger partial charge on any atom is -0.335 e. The fourth-order valence-corrected chi connectivity index (χ4v) is 4.54. The third-order valence-electron chi connectivity index (χ3n) is 4.97. The molecule has 0 fully saturated rings. The summed E-state index contributed by atoms with van der Waals surface area (Å²) in [6, 6.07) is 4.05. The van der Waals surface area contributed by atoms with Gasteiger partial charge in [-0.3, -0.25) is 4.98 Å². The van der Waals surface area contributed by atoms with E-state index in [9.17, 15) is 0 Å². The molecule has 0 saturated carbocycles.